The van der Waals surface area contributed by atoms with Gasteiger partial charge in [0.15, 0.2) is 0 Å². The lowest BCUT2D eigenvalue weighted by molar-refractivity contribution is -0.384. The number of nitrogens with one attached hydrogen (secondary N) is 1. The highest BCUT2D eigenvalue weighted by Crippen LogP contribution is 2.26. The molecular weight excluding hydrogens is 480 g/mol. The summed E-state index contributed by atoms with van der Waals surface area (Å²) in [7, 11) is -2.50. The second kappa shape index (κ2) is 9.08. The van der Waals surface area contributed by atoms with Gasteiger partial charge in [-0.05, 0) is 42.5 Å². The van der Waals surface area contributed by atoms with Crippen LogP contribution in [0.15, 0.2) is 82.5 Å². The minimum Gasteiger partial charge on any atom is -0.324 e. The Balaban J connectivity index is 1.65. The molecule has 4 rings (SSSR count). The van der Waals surface area contributed by atoms with Gasteiger partial charge in [0.2, 0.25) is 5.91 Å². The van der Waals surface area contributed by atoms with Gasteiger partial charge in [-0.2, -0.15) is 0 Å². The van der Waals surface area contributed by atoms with Crippen molar-refractivity contribution in [1.82, 2.24) is 4.57 Å². The van der Waals surface area contributed by atoms with Gasteiger partial charge in [-0.25, -0.2) is 8.42 Å². The molecule has 1 N–H and O–H groups in total. The van der Waals surface area contributed by atoms with E-state index < -0.39 is 27.4 Å². The Hall–Kier alpha value is -4.03. The summed E-state index contributed by atoms with van der Waals surface area (Å²) in [5.74, 6) is -0.625. The molecule has 0 aliphatic rings. The molecular formula is C22H18N4O6S2. The predicted molar refractivity (Wildman–Crippen MR) is 130 cm³/mol. The molecule has 0 bridgehead atoms. The molecule has 0 fully saturated rings. The van der Waals surface area contributed by atoms with E-state index in [0.29, 0.717) is 15.9 Å². The fraction of sp³-hybridized carbons (Fsp3) is 0.0909. The monoisotopic (exact) mass is 498 g/mol. The van der Waals surface area contributed by atoms with Gasteiger partial charge in [-0.1, -0.05) is 29.5 Å². The van der Waals surface area contributed by atoms with Crippen molar-refractivity contribution in [2.24, 2.45) is 7.05 Å². The second-order valence-electron chi connectivity index (χ2n) is 7.26. The SMILES string of the molecule is Cn1c(=O)sc2cc(NC(=O)CN(c3ccc([N+](=O)[O-])cc3)S(=O)(=O)c3ccccc3)ccc21. The van der Waals surface area contributed by atoms with Crippen LogP contribution in [0.1, 0.15) is 0 Å². The standard InChI is InChI=1S/C22H18N4O6S2/c1-24-19-12-7-15(13-20(19)33-22(24)28)23-21(27)14-25(16-8-10-17(11-9-16)26(29)30)34(31,32)18-5-3-2-4-6-18/h2-13H,14H2,1H3,(H,23,27). The first kappa shape index (κ1) is 23.1. The molecule has 0 aliphatic heterocycles. The van der Waals surface area contributed by atoms with Crippen LogP contribution in [-0.4, -0.2) is 30.4 Å². The highest BCUT2D eigenvalue weighted by molar-refractivity contribution is 7.92. The van der Waals surface area contributed by atoms with Gasteiger partial charge in [0, 0.05) is 24.9 Å². The third-order valence-electron chi connectivity index (χ3n) is 5.04. The van der Waals surface area contributed by atoms with Crippen LogP contribution in [0.5, 0.6) is 0 Å². The zero-order valence-electron chi connectivity index (χ0n) is 17.7. The molecule has 0 aliphatic carbocycles. The molecule has 0 radical (unpaired) electrons. The maximum absolute atomic E-state index is 13.3. The Kier molecular flexibility index (Phi) is 6.18. The quantitative estimate of drug-likeness (QED) is 0.307. The number of aryl methyl sites for hydroxylation is 1. The lowest BCUT2D eigenvalue weighted by atomic mass is 10.2. The maximum atomic E-state index is 13.3. The molecule has 0 saturated carbocycles. The van der Waals surface area contributed by atoms with Crippen molar-refractivity contribution in [2.45, 2.75) is 4.90 Å². The van der Waals surface area contributed by atoms with E-state index in [-0.39, 0.29) is 21.1 Å². The molecule has 0 spiro atoms. The Morgan fingerprint density at radius 2 is 1.76 bits per heavy atom. The van der Waals surface area contributed by atoms with Crippen molar-refractivity contribution in [1.29, 1.82) is 0 Å². The van der Waals surface area contributed by atoms with Crippen molar-refractivity contribution in [3.63, 3.8) is 0 Å². The van der Waals surface area contributed by atoms with Gasteiger partial charge in [0.25, 0.3) is 15.7 Å². The number of thiazole rings is 1. The topological polar surface area (TPSA) is 132 Å². The summed E-state index contributed by atoms with van der Waals surface area (Å²) in [6.07, 6.45) is 0. The van der Waals surface area contributed by atoms with Crippen LogP contribution in [0.3, 0.4) is 0 Å². The van der Waals surface area contributed by atoms with E-state index in [2.05, 4.69) is 5.32 Å². The summed E-state index contributed by atoms with van der Waals surface area (Å²) < 4.78 is 29.7. The first-order valence-corrected chi connectivity index (χ1v) is 12.1. The number of aromatic nitrogens is 1. The number of fused-ring (bicyclic) bond motifs is 1. The number of benzene rings is 3. The van der Waals surface area contributed by atoms with E-state index in [1.807, 2.05) is 0 Å². The van der Waals surface area contributed by atoms with Gasteiger partial charge < -0.3 is 9.88 Å². The van der Waals surface area contributed by atoms with Crippen molar-refractivity contribution in [3.8, 4) is 0 Å². The number of carbonyl (C=O) groups is 1. The number of nitrogens with zero attached hydrogens (tertiary/aromatic N) is 3. The largest absolute Gasteiger partial charge is 0.324 e. The van der Waals surface area contributed by atoms with E-state index in [9.17, 15) is 28.1 Å². The zero-order chi connectivity index (χ0) is 24.5. The van der Waals surface area contributed by atoms with Crippen LogP contribution >= 0.6 is 11.3 Å². The van der Waals surface area contributed by atoms with Crippen molar-refractivity contribution >= 4 is 54.5 Å². The number of amides is 1. The molecule has 1 heterocycles. The molecule has 12 heteroatoms. The third kappa shape index (κ3) is 4.54. The fourth-order valence-corrected chi connectivity index (χ4v) is 5.68. The van der Waals surface area contributed by atoms with Gasteiger partial charge in [0.1, 0.15) is 6.54 Å². The van der Waals surface area contributed by atoms with Crippen LogP contribution in [0.2, 0.25) is 0 Å². The molecule has 3 aromatic carbocycles. The van der Waals surface area contributed by atoms with Crippen molar-refractivity contribution in [2.75, 3.05) is 16.2 Å². The molecule has 1 amide bonds. The van der Waals surface area contributed by atoms with Crippen molar-refractivity contribution in [3.05, 3.63) is 92.6 Å². The first-order chi connectivity index (χ1) is 16.2. The van der Waals surface area contributed by atoms with E-state index in [4.69, 9.17) is 0 Å². The summed E-state index contributed by atoms with van der Waals surface area (Å²) in [5.41, 5.74) is 1.01. The normalized spacial score (nSPS) is 11.3. The van der Waals surface area contributed by atoms with Crippen LogP contribution < -0.4 is 14.5 Å². The number of nitro benzene ring substituents is 1. The number of carbonyl (C=O) groups excluding carboxylic acids is 1. The fourth-order valence-electron chi connectivity index (χ4n) is 3.32. The zero-order valence-corrected chi connectivity index (χ0v) is 19.4. The molecule has 174 valence electrons. The Morgan fingerprint density at radius 3 is 2.41 bits per heavy atom. The summed E-state index contributed by atoms with van der Waals surface area (Å²) in [5, 5.41) is 13.6. The minimum atomic E-state index is -4.15. The Morgan fingerprint density at radius 1 is 1.09 bits per heavy atom. The second-order valence-corrected chi connectivity index (χ2v) is 10.1. The Bertz CT molecular complexity index is 1540. The maximum Gasteiger partial charge on any atom is 0.307 e. The molecule has 1 aromatic heterocycles. The number of sulfonamides is 1. The summed E-state index contributed by atoms with van der Waals surface area (Å²) in [6.45, 7) is -0.571. The van der Waals surface area contributed by atoms with Gasteiger partial charge in [-0.15, -0.1) is 0 Å². The highest BCUT2D eigenvalue weighted by Gasteiger charge is 2.27. The first-order valence-electron chi connectivity index (χ1n) is 9.88. The van der Waals surface area contributed by atoms with Crippen LogP contribution in [0.4, 0.5) is 17.1 Å². The lowest BCUT2D eigenvalue weighted by Gasteiger charge is -2.24. The van der Waals surface area contributed by atoms with Gasteiger partial charge in [-0.3, -0.25) is 24.0 Å². The highest BCUT2D eigenvalue weighted by atomic mass is 32.2. The summed E-state index contributed by atoms with van der Waals surface area (Å²) in [6, 6.07) is 17.4. The molecule has 10 nitrogen and oxygen atoms in total. The Labute approximate surface area is 197 Å². The number of hydrogen-bond donors (Lipinski definition) is 1. The van der Waals surface area contributed by atoms with Crippen LogP contribution in [0.25, 0.3) is 10.2 Å². The summed E-state index contributed by atoms with van der Waals surface area (Å²) in [4.78, 5) is 34.9. The summed E-state index contributed by atoms with van der Waals surface area (Å²) >= 11 is 1.03. The number of hydrogen-bond acceptors (Lipinski definition) is 7. The molecule has 0 unspecified atom stereocenters. The van der Waals surface area contributed by atoms with E-state index in [1.165, 1.54) is 41.0 Å². The van der Waals surface area contributed by atoms with E-state index >= 15 is 0 Å². The van der Waals surface area contributed by atoms with Crippen LogP contribution in [-0.2, 0) is 21.9 Å². The van der Waals surface area contributed by atoms with E-state index in [1.54, 1.807) is 43.4 Å². The number of anilines is 2. The minimum absolute atomic E-state index is 0.0309. The van der Waals surface area contributed by atoms with Crippen LogP contribution in [0, 0.1) is 10.1 Å². The predicted octanol–water partition coefficient (Wildman–Crippen LogP) is 3.34. The van der Waals surface area contributed by atoms with Gasteiger partial charge >= 0.3 is 4.87 Å². The number of non-ortho nitro benzene ring substituents is 1. The van der Waals surface area contributed by atoms with E-state index in [0.717, 1.165) is 15.6 Å². The lowest BCUT2D eigenvalue weighted by Crippen LogP contribution is -2.38. The number of nitro groups is 1. The number of rotatable bonds is 7. The third-order valence-corrected chi connectivity index (χ3v) is 7.83. The molecule has 34 heavy (non-hydrogen) atoms. The van der Waals surface area contributed by atoms with Crippen molar-refractivity contribution < 1.29 is 18.1 Å². The molecule has 0 atom stereocenters. The smallest absolute Gasteiger partial charge is 0.307 e. The molecule has 0 saturated heterocycles. The average molecular weight is 499 g/mol. The molecule has 4 aromatic rings. The average Bonchev–Trinajstić information content (AvgIpc) is 3.10. The van der Waals surface area contributed by atoms with Gasteiger partial charge in [0.05, 0.1) is 25.7 Å².